The molecule has 1 aromatic heterocycles. The zero-order chi connectivity index (χ0) is 18.9. The van der Waals surface area contributed by atoms with Crippen LogP contribution in [0, 0.1) is 5.92 Å². The number of aromatic hydroxyl groups is 1. The fourth-order valence-electron chi connectivity index (χ4n) is 3.87. The predicted octanol–water partition coefficient (Wildman–Crippen LogP) is 3.71. The Morgan fingerprint density at radius 2 is 2.00 bits per heavy atom. The summed E-state index contributed by atoms with van der Waals surface area (Å²) in [4.78, 5) is 0. The van der Waals surface area contributed by atoms with Gasteiger partial charge in [0.25, 0.3) is 0 Å². The summed E-state index contributed by atoms with van der Waals surface area (Å²) in [6.45, 7) is 3.50. The second-order valence-corrected chi connectivity index (χ2v) is 7.70. The van der Waals surface area contributed by atoms with Crippen molar-refractivity contribution >= 4 is 10.9 Å². The molecular weight excluding hydrogens is 354 g/mol. The van der Waals surface area contributed by atoms with E-state index in [0.717, 1.165) is 66.7 Å². The van der Waals surface area contributed by atoms with Gasteiger partial charge in [-0.1, -0.05) is 12.1 Å². The third kappa shape index (κ3) is 3.34. The van der Waals surface area contributed by atoms with E-state index < -0.39 is 0 Å². The molecule has 0 radical (unpaired) electrons. The van der Waals surface area contributed by atoms with Crippen LogP contribution in [0.15, 0.2) is 42.6 Å². The van der Waals surface area contributed by atoms with Crippen LogP contribution in [0.2, 0.25) is 0 Å². The quantitative estimate of drug-likeness (QED) is 0.707. The number of benzene rings is 2. The Hall–Kier alpha value is -2.57. The van der Waals surface area contributed by atoms with Gasteiger partial charge in [-0.15, -0.1) is 0 Å². The summed E-state index contributed by atoms with van der Waals surface area (Å²) in [5.74, 6) is 1.68. The highest BCUT2D eigenvalue weighted by molar-refractivity contribution is 5.90. The van der Waals surface area contributed by atoms with Crippen molar-refractivity contribution in [1.82, 2.24) is 15.1 Å². The molecule has 0 saturated carbocycles. The van der Waals surface area contributed by atoms with Crippen LogP contribution in [-0.4, -0.2) is 41.2 Å². The maximum Gasteiger partial charge on any atom is 0.150 e. The summed E-state index contributed by atoms with van der Waals surface area (Å²) in [6.07, 6.45) is 5.11. The highest BCUT2D eigenvalue weighted by Gasteiger charge is 2.22. The molecule has 2 aliphatic rings. The van der Waals surface area contributed by atoms with Gasteiger partial charge in [0.1, 0.15) is 11.5 Å². The van der Waals surface area contributed by atoms with E-state index in [0.29, 0.717) is 12.5 Å². The van der Waals surface area contributed by atoms with Gasteiger partial charge in [0, 0.05) is 25.6 Å². The molecule has 2 N–H and O–H groups in total. The molecule has 2 aromatic carbocycles. The second-order valence-electron chi connectivity index (χ2n) is 7.70. The molecule has 6 heteroatoms. The molecule has 2 fully saturated rings. The highest BCUT2D eigenvalue weighted by atomic mass is 16.5. The zero-order valence-corrected chi connectivity index (χ0v) is 15.8. The van der Waals surface area contributed by atoms with Gasteiger partial charge in [0.05, 0.1) is 23.7 Å². The van der Waals surface area contributed by atoms with Crippen LogP contribution in [0.4, 0.5) is 0 Å². The number of aromatic nitrogens is 2. The third-order valence-electron chi connectivity index (χ3n) is 5.65. The smallest absolute Gasteiger partial charge is 0.150 e. The lowest BCUT2D eigenvalue weighted by atomic mass is 10.0. The highest BCUT2D eigenvalue weighted by Crippen LogP contribution is 2.36. The first-order valence-corrected chi connectivity index (χ1v) is 10.0. The Balaban J connectivity index is 1.56. The molecule has 2 saturated heterocycles. The number of nitrogens with zero attached hydrogens (tertiary/aromatic N) is 2. The molecule has 6 nitrogen and oxygen atoms in total. The Kier molecular flexibility index (Phi) is 4.66. The number of hydrogen-bond acceptors (Lipinski definition) is 5. The lowest BCUT2D eigenvalue weighted by Crippen LogP contribution is -2.45. The van der Waals surface area contributed by atoms with Crippen LogP contribution in [0.5, 0.6) is 11.5 Å². The fourth-order valence-corrected chi connectivity index (χ4v) is 3.87. The normalized spacial score (nSPS) is 20.2. The van der Waals surface area contributed by atoms with Crippen molar-refractivity contribution in [2.24, 2.45) is 5.92 Å². The molecule has 2 aliphatic heterocycles. The minimum absolute atomic E-state index is 0.0231. The number of fused-ring (bicyclic) bond motifs is 1. The predicted molar refractivity (Wildman–Crippen MR) is 108 cm³/mol. The molecular formula is C22H25N3O3. The number of rotatable bonds is 5. The molecule has 0 aliphatic carbocycles. The van der Waals surface area contributed by atoms with Gasteiger partial charge in [-0.2, -0.15) is 5.10 Å². The van der Waals surface area contributed by atoms with Gasteiger partial charge >= 0.3 is 0 Å². The molecule has 1 atom stereocenters. The number of ether oxygens (including phenoxy) is 2. The fraction of sp³-hybridized carbons (Fsp3) is 0.409. The van der Waals surface area contributed by atoms with E-state index in [2.05, 4.69) is 22.5 Å². The van der Waals surface area contributed by atoms with Crippen molar-refractivity contribution in [2.45, 2.75) is 25.5 Å². The van der Waals surface area contributed by atoms with E-state index in [1.165, 1.54) is 0 Å². The number of nitrogens with one attached hydrogen (secondary N) is 1. The molecule has 1 unspecified atom stereocenters. The van der Waals surface area contributed by atoms with Crippen LogP contribution in [0.25, 0.3) is 22.0 Å². The van der Waals surface area contributed by atoms with Crippen LogP contribution in [0.1, 0.15) is 25.5 Å². The maximum atomic E-state index is 9.63. The van der Waals surface area contributed by atoms with E-state index >= 15 is 0 Å². The first-order chi connectivity index (χ1) is 13.8. The van der Waals surface area contributed by atoms with E-state index in [4.69, 9.17) is 9.47 Å². The molecule has 0 spiro atoms. The lowest BCUT2D eigenvalue weighted by molar-refractivity contribution is -0.0366. The number of phenols is 1. The standard InChI is InChI=1S/C22H25N3O3/c26-18-6-4-16(5-7-18)17-9-20-19(21(10-17)28-14-15-11-23-12-15)13-24-25(20)22-3-1-2-8-27-22/h4-7,9-10,13,15,22-23,26H,1-3,8,11-12,14H2. The summed E-state index contributed by atoms with van der Waals surface area (Å²) in [7, 11) is 0. The molecule has 0 bridgehead atoms. The Morgan fingerprint density at radius 1 is 1.14 bits per heavy atom. The summed E-state index contributed by atoms with van der Waals surface area (Å²) in [5.41, 5.74) is 3.11. The van der Waals surface area contributed by atoms with E-state index in [-0.39, 0.29) is 12.0 Å². The van der Waals surface area contributed by atoms with Gasteiger partial charge in [0.2, 0.25) is 0 Å². The average Bonchev–Trinajstić information content (AvgIpc) is 3.12. The summed E-state index contributed by atoms with van der Waals surface area (Å²) < 4.78 is 14.2. The van der Waals surface area contributed by atoms with Gasteiger partial charge in [0.15, 0.2) is 6.23 Å². The van der Waals surface area contributed by atoms with Crippen LogP contribution < -0.4 is 10.1 Å². The van der Waals surface area contributed by atoms with Gasteiger partial charge in [-0.25, -0.2) is 4.68 Å². The van der Waals surface area contributed by atoms with Crippen molar-refractivity contribution < 1.29 is 14.6 Å². The lowest BCUT2D eigenvalue weighted by Gasteiger charge is -2.27. The first-order valence-electron chi connectivity index (χ1n) is 10.0. The molecule has 3 heterocycles. The molecule has 0 amide bonds. The van der Waals surface area contributed by atoms with Crippen molar-refractivity contribution in [1.29, 1.82) is 0 Å². The van der Waals surface area contributed by atoms with E-state index in [1.807, 2.05) is 23.0 Å². The minimum atomic E-state index is -0.0231. The summed E-state index contributed by atoms with van der Waals surface area (Å²) >= 11 is 0. The van der Waals surface area contributed by atoms with E-state index in [1.54, 1.807) is 12.1 Å². The minimum Gasteiger partial charge on any atom is -0.508 e. The van der Waals surface area contributed by atoms with E-state index in [9.17, 15) is 5.11 Å². The Morgan fingerprint density at radius 3 is 2.71 bits per heavy atom. The first kappa shape index (κ1) is 17.5. The third-order valence-corrected chi connectivity index (χ3v) is 5.65. The molecule has 28 heavy (non-hydrogen) atoms. The van der Waals surface area contributed by atoms with Gasteiger partial charge in [-0.05, 0) is 54.7 Å². The Labute approximate surface area is 164 Å². The molecule has 5 rings (SSSR count). The van der Waals surface area contributed by atoms with Crippen LogP contribution >= 0.6 is 0 Å². The zero-order valence-electron chi connectivity index (χ0n) is 15.8. The largest absolute Gasteiger partial charge is 0.508 e. The van der Waals surface area contributed by atoms with Crippen molar-refractivity contribution in [3.8, 4) is 22.6 Å². The second kappa shape index (κ2) is 7.45. The number of phenolic OH excluding ortho intramolecular Hbond substituents is 1. The average molecular weight is 379 g/mol. The molecule has 146 valence electrons. The van der Waals surface area contributed by atoms with Crippen molar-refractivity contribution in [2.75, 3.05) is 26.3 Å². The van der Waals surface area contributed by atoms with Crippen LogP contribution in [0.3, 0.4) is 0 Å². The summed E-state index contributed by atoms with van der Waals surface area (Å²) in [6, 6.07) is 11.5. The maximum absolute atomic E-state index is 9.63. The van der Waals surface area contributed by atoms with Crippen LogP contribution in [-0.2, 0) is 4.74 Å². The SMILES string of the molecule is Oc1ccc(-c2cc(OCC3CNC3)c3cnn(C4CCCCO4)c3c2)cc1. The van der Waals surface area contributed by atoms with Gasteiger partial charge in [-0.3, -0.25) is 0 Å². The Bertz CT molecular complexity index is 957. The molecule has 3 aromatic rings. The summed E-state index contributed by atoms with van der Waals surface area (Å²) in [5, 5.41) is 18.6. The van der Waals surface area contributed by atoms with Crippen molar-refractivity contribution in [3.63, 3.8) is 0 Å². The van der Waals surface area contributed by atoms with Crippen molar-refractivity contribution in [3.05, 3.63) is 42.6 Å². The topological polar surface area (TPSA) is 68.5 Å². The monoisotopic (exact) mass is 379 g/mol. The number of hydrogen-bond donors (Lipinski definition) is 2. The van der Waals surface area contributed by atoms with Gasteiger partial charge < -0.3 is 19.9 Å².